The van der Waals surface area contributed by atoms with Gasteiger partial charge >= 0.3 is 5.70 Å². The minimum Gasteiger partial charge on any atom is -0.487 e. The van der Waals surface area contributed by atoms with Crippen molar-refractivity contribution >= 4 is 0 Å². The Kier molecular flexibility index (Phi) is 6.97. The quantitative estimate of drug-likeness (QED) is 0.214. The van der Waals surface area contributed by atoms with Gasteiger partial charge in [-0.2, -0.15) is 0 Å². The largest absolute Gasteiger partial charge is 0.487 e. The molecule has 0 unspecified atom stereocenters. The van der Waals surface area contributed by atoms with Gasteiger partial charge < -0.3 is 4.74 Å². The van der Waals surface area contributed by atoms with Crippen molar-refractivity contribution in [3.63, 3.8) is 0 Å². The molecule has 0 aliphatic rings. The van der Waals surface area contributed by atoms with E-state index in [1.807, 2.05) is 6.92 Å². The fraction of sp³-hybridized carbons (Fsp3) is 0.455. The molecule has 0 aliphatic carbocycles. The van der Waals surface area contributed by atoms with Crippen molar-refractivity contribution in [3.05, 3.63) is 46.4 Å². The van der Waals surface area contributed by atoms with Crippen LogP contribution in [0, 0.1) is 10.1 Å². The summed E-state index contributed by atoms with van der Waals surface area (Å²) < 4.78 is 5.32. The Morgan fingerprint density at radius 1 is 1.60 bits per heavy atom. The number of ether oxygens (including phenoxy) is 1. The number of unbranched alkanes of at least 4 members (excludes halogenated alkanes) is 1. The first-order valence-corrected chi connectivity index (χ1v) is 4.93. The summed E-state index contributed by atoms with van der Waals surface area (Å²) >= 11 is 0. The maximum atomic E-state index is 10.6. The number of hydrogen-bond donors (Lipinski definition) is 0. The van der Waals surface area contributed by atoms with Crippen molar-refractivity contribution in [2.45, 2.75) is 26.7 Å². The second-order valence-electron chi connectivity index (χ2n) is 2.91. The molecular weight excluding hydrogens is 194 g/mol. The van der Waals surface area contributed by atoms with Crippen molar-refractivity contribution in [3.8, 4) is 0 Å². The molecule has 0 bridgehead atoms. The minimum absolute atomic E-state index is 0.0933. The van der Waals surface area contributed by atoms with E-state index in [4.69, 9.17) is 4.74 Å². The maximum Gasteiger partial charge on any atom is 0.310 e. The zero-order valence-electron chi connectivity index (χ0n) is 9.23. The molecule has 84 valence electrons. The Labute approximate surface area is 90.1 Å². The van der Waals surface area contributed by atoms with Crippen LogP contribution in [-0.4, -0.2) is 11.5 Å². The zero-order valence-corrected chi connectivity index (χ0v) is 9.23. The highest BCUT2D eigenvalue weighted by Crippen LogP contribution is 2.11. The number of rotatable bonds is 7. The van der Waals surface area contributed by atoms with Crippen LogP contribution in [0.1, 0.15) is 26.7 Å². The van der Waals surface area contributed by atoms with Gasteiger partial charge in [-0.25, -0.2) is 0 Å². The lowest BCUT2D eigenvalue weighted by Crippen LogP contribution is -2.03. The third-order valence-corrected chi connectivity index (χ3v) is 1.72. The van der Waals surface area contributed by atoms with E-state index in [2.05, 4.69) is 6.58 Å². The Morgan fingerprint density at radius 3 is 2.67 bits per heavy atom. The fourth-order valence-electron chi connectivity index (χ4n) is 0.950. The average molecular weight is 211 g/mol. The molecule has 0 saturated heterocycles. The molecule has 4 nitrogen and oxygen atoms in total. The monoisotopic (exact) mass is 211 g/mol. The van der Waals surface area contributed by atoms with Crippen LogP contribution in [0.15, 0.2) is 36.3 Å². The second kappa shape index (κ2) is 7.79. The highest BCUT2D eigenvalue weighted by Gasteiger charge is 2.13. The van der Waals surface area contributed by atoms with E-state index in [0.29, 0.717) is 6.61 Å². The van der Waals surface area contributed by atoms with Crippen molar-refractivity contribution in [1.29, 1.82) is 0 Å². The highest BCUT2D eigenvalue weighted by molar-refractivity contribution is 5.22. The van der Waals surface area contributed by atoms with Crippen LogP contribution < -0.4 is 0 Å². The minimum atomic E-state index is -0.492. The molecule has 0 N–H and O–H groups in total. The predicted octanol–water partition coefficient (Wildman–Crippen LogP) is 3.05. The summed E-state index contributed by atoms with van der Waals surface area (Å²) in [6.45, 7) is 7.70. The number of nitro groups is 1. The first kappa shape index (κ1) is 13.4. The van der Waals surface area contributed by atoms with Gasteiger partial charge in [-0.1, -0.05) is 26.0 Å². The topological polar surface area (TPSA) is 52.4 Å². The molecule has 0 aromatic rings. The van der Waals surface area contributed by atoms with Gasteiger partial charge in [0.25, 0.3) is 0 Å². The molecule has 0 rings (SSSR count). The Balaban J connectivity index is 4.73. The summed E-state index contributed by atoms with van der Waals surface area (Å²) in [4.78, 5) is 10.2. The standard InChI is InChI=1S/C11H17NO3/c1-4-7-9-15-11(8-5-2)10(6-3)12(13)14/h5-6,8H,3-4,7,9H2,1-2H3/b8-5-,11-10-. The van der Waals surface area contributed by atoms with E-state index >= 15 is 0 Å². The first-order chi connectivity index (χ1) is 7.17. The van der Waals surface area contributed by atoms with E-state index in [9.17, 15) is 10.1 Å². The van der Waals surface area contributed by atoms with Gasteiger partial charge in [0.05, 0.1) is 11.5 Å². The highest BCUT2D eigenvalue weighted by atomic mass is 16.6. The van der Waals surface area contributed by atoms with Gasteiger partial charge in [0.15, 0.2) is 5.76 Å². The van der Waals surface area contributed by atoms with Crippen molar-refractivity contribution in [2.75, 3.05) is 6.61 Å². The summed E-state index contributed by atoms with van der Waals surface area (Å²) in [6, 6.07) is 0. The molecule has 0 saturated carbocycles. The smallest absolute Gasteiger partial charge is 0.310 e. The van der Waals surface area contributed by atoms with E-state index in [1.165, 1.54) is 6.08 Å². The van der Waals surface area contributed by atoms with Crippen molar-refractivity contribution in [2.24, 2.45) is 0 Å². The molecule has 0 fully saturated rings. The molecule has 0 aromatic heterocycles. The lowest BCUT2D eigenvalue weighted by atomic mass is 10.3. The van der Waals surface area contributed by atoms with Crippen molar-refractivity contribution < 1.29 is 9.66 Å². The molecule has 0 atom stereocenters. The van der Waals surface area contributed by atoms with Gasteiger partial charge in [0, 0.05) is 6.08 Å². The van der Waals surface area contributed by atoms with Crippen molar-refractivity contribution in [1.82, 2.24) is 0 Å². The van der Waals surface area contributed by atoms with Gasteiger partial charge in [0.2, 0.25) is 0 Å². The predicted molar refractivity (Wildman–Crippen MR) is 59.9 cm³/mol. The summed E-state index contributed by atoms with van der Waals surface area (Å²) in [5.41, 5.74) is -0.0933. The lowest BCUT2D eigenvalue weighted by Gasteiger charge is -2.05. The Morgan fingerprint density at radius 2 is 2.27 bits per heavy atom. The molecule has 0 aromatic carbocycles. The number of nitrogens with zero attached hydrogens (tertiary/aromatic N) is 1. The summed E-state index contributed by atoms with van der Waals surface area (Å²) in [7, 11) is 0. The third-order valence-electron chi connectivity index (χ3n) is 1.72. The van der Waals surface area contributed by atoms with Gasteiger partial charge in [0.1, 0.15) is 0 Å². The lowest BCUT2D eigenvalue weighted by molar-refractivity contribution is -0.421. The van der Waals surface area contributed by atoms with Crippen LogP contribution in [0.25, 0.3) is 0 Å². The van der Waals surface area contributed by atoms with Gasteiger partial charge in [-0.3, -0.25) is 10.1 Å². The molecule has 0 amide bonds. The van der Waals surface area contributed by atoms with Crippen LogP contribution in [0.4, 0.5) is 0 Å². The van der Waals surface area contributed by atoms with Crippen LogP contribution in [-0.2, 0) is 4.74 Å². The molecule has 0 radical (unpaired) electrons. The third kappa shape index (κ3) is 5.00. The molecule has 15 heavy (non-hydrogen) atoms. The normalized spacial score (nSPS) is 12.4. The van der Waals surface area contributed by atoms with E-state index < -0.39 is 4.92 Å². The van der Waals surface area contributed by atoms with Crippen LogP contribution in [0.2, 0.25) is 0 Å². The molecule has 0 heterocycles. The van der Waals surface area contributed by atoms with E-state index in [-0.39, 0.29) is 11.5 Å². The molecule has 0 aliphatic heterocycles. The SMILES string of the molecule is C=C/C(=C(\C=C/C)OCCCC)[N+](=O)[O-]. The number of allylic oxidation sites excluding steroid dienone is 3. The average Bonchev–Trinajstić information content (AvgIpc) is 2.18. The first-order valence-electron chi connectivity index (χ1n) is 4.93. The fourth-order valence-corrected chi connectivity index (χ4v) is 0.950. The van der Waals surface area contributed by atoms with E-state index in [0.717, 1.165) is 12.8 Å². The molecule has 0 spiro atoms. The van der Waals surface area contributed by atoms with Gasteiger partial charge in [-0.05, 0) is 19.4 Å². The van der Waals surface area contributed by atoms with Crippen LogP contribution >= 0.6 is 0 Å². The Hall–Kier alpha value is -1.58. The Bertz CT molecular complexity index is 280. The summed E-state index contributed by atoms with van der Waals surface area (Å²) in [5.74, 6) is 0.269. The van der Waals surface area contributed by atoms with Crippen LogP contribution in [0.3, 0.4) is 0 Å². The zero-order chi connectivity index (χ0) is 11.7. The molecule has 4 heteroatoms. The maximum absolute atomic E-state index is 10.6. The number of hydrogen-bond acceptors (Lipinski definition) is 3. The van der Waals surface area contributed by atoms with Crippen LogP contribution in [0.5, 0.6) is 0 Å². The summed E-state index contributed by atoms with van der Waals surface area (Å²) in [5, 5.41) is 10.6. The second-order valence-corrected chi connectivity index (χ2v) is 2.91. The van der Waals surface area contributed by atoms with E-state index in [1.54, 1.807) is 19.1 Å². The summed E-state index contributed by atoms with van der Waals surface area (Å²) in [6.07, 6.45) is 6.35. The van der Waals surface area contributed by atoms with Gasteiger partial charge in [-0.15, -0.1) is 0 Å². The molecular formula is C11H17NO3.